The van der Waals surface area contributed by atoms with E-state index in [2.05, 4.69) is 203 Å². The van der Waals surface area contributed by atoms with Gasteiger partial charge >= 0.3 is 0 Å². The van der Waals surface area contributed by atoms with Crippen LogP contribution in [0, 0.1) is 0 Å². The minimum atomic E-state index is 0.632. The van der Waals surface area contributed by atoms with Crippen molar-refractivity contribution < 1.29 is 0 Å². The van der Waals surface area contributed by atoms with Gasteiger partial charge in [0.25, 0.3) is 0 Å². The van der Waals surface area contributed by atoms with Crippen LogP contribution >= 0.6 is 0 Å². The molecule has 5 nitrogen and oxygen atoms in total. The van der Waals surface area contributed by atoms with Crippen LogP contribution < -0.4 is 0 Å². The normalized spacial score (nSPS) is 11.9. The van der Waals surface area contributed by atoms with E-state index in [0.29, 0.717) is 17.5 Å². The van der Waals surface area contributed by atoms with E-state index in [9.17, 15) is 0 Å². The van der Waals surface area contributed by atoms with Gasteiger partial charge < -0.3 is 9.13 Å². The second-order valence-electron chi connectivity index (χ2n) is 16.0. The molecule has 0 saturated heterocycles. The van der Waals surface area contributed by atoms with Gasteiger partial charge in [-0.05, 0) is 57.9 Å². The molecule has 3 heterocycles. The molecule has 62 heavy (non-hydrogen) atoms. The molecule has 0 atom stereocenters. The van der Waals surface area contributed by atoms with E-state index in [1.54, 1.807) is 0 Å². The summed E-state index contributed by atoms with van der Waals surface area (Å²) in [4.78, 5) is 15.6. The summed E-state index contributed by atoms with van der Waals surface area (Å²) in [5.41, 5.74) is 9.77. The number of para-hydroxylation sites is 2. The van der Waals surface area contributed by atoms with Gasteiger partial charge in [0.1, 0.15) is 0 Å². The lowest BCUT2D eigenvalue weighted by Crippen LogP contribution is -2.01. The first-order valence-corrected chi connectivity index (χ1v) is 21.0. The molecule has 0 spiro atoms. The summed E-state index contributed by atoms with van der Waals surface area (Å²) in [6, 6.07) is 75.7. The number of benzene rings is 10. The summed E-state index contributed by atoms with van der Waals surface area (Å²) in [7, 11) is 0. The van der Waals surface area contributed by atoms with E-state index in [1.807, 2.05) is 18.2 Å². The monoisotopic (exact) mass is 789 g/mol. The summed E-state index contributed by atoms with van der Waals surface area (Å²) in [5, 5.41) is 11.8. The lowest BCUT2D eigenvalue weighted by Gasteiger charge is -2.15. The van der Waals surface area contributed by atoms with Crippen molar-refractivity contribution in [3.63, 3.8) is 0 Å². The van der Waals surface area contributed by atoms with Crippen molar-refractivity contribution in [2.45, 2.75) is 0 Å². The first-order valence-electron chi connectivity index (χ1n) is 21.0. The van der Waals surface area contributed by atoms with E-state index in [1.165, 1.54) is 43.4 Å². The number of hydrogen-bond acceptors (Lipinski definition) is 3. The molecule has 13 rings (SSSR count). The largest absolute Gasteiger partial charge is 0.309 e. The van der Waals surface area contributed by atoms with E-state index < -0.39 is 0 Å². The highest BCUT2D eigenvalue weighted by Crippen LogP contribution is 2.43. The number of fused-ring (bicyclic) bond motifs is 10. The second-order valence-corrected chi connectivity index (χ2v) is 16.0. The SMILES string of the molecule is c1ccc(-c2nc(-c3cccc4ccccc34)nc(-c3cccc4c(-n5c6ccccc6c6cc7c8ccc9ccccc9c8n(-c8ccccc8)c7cc65)cccc34)n2)cc1. The number of rotatable bonds is 5. The summed E-state index contributed by atoms with van der Waals surface area (Å²) in [6.07, 6.45) is 0. The zero-order valence-electron chi connectivity index (χ0n) is 33.4. The maximum atomic E-state index is 5.28. The van der Waals surface area contributed by atoms with Crippen molar-refractivity contribution in [2.75, 3.05) is 0 Å². The van der Waals surface area contributed by atoms with Crippen LogP contribution in [0.25, 0.3) is 121 Å². The predicted octanol–water partition coefficient (Wildman–Crippen LogP) is 14.5. The minimum Gasteiger partial charge on any atom is -0.309 e. The number of hydrogen-bond donors (Lipinski definition) is 0. The summed E-state index contributed by atoms with van der Waals surface area (Å²) in [5.74, 6) is 1.92. The Hall–Kier alpha value is -8.41. The van der Waals surface area contributed by atoms with E-state index in [-0.39, 0.29) is 0 Å². The second kappa shape index (κ2) is 13.6. The van der Waals surface area contributed by atoms with Crippen molar-refractivity contribution in [1.82, 2.24) is 24.1 Å². The maximum Gasteiger partial charge on any atom is 0.164 e. The molecule has 288 valence electrons. The molecule has 0 bridgehead atoms. The molecule has 0 aliphatic heterocycles. The quantitative estimate of drug-likeness (QED) is 0.174. The van der Waals surface area contributed by atoms with E-state index in [0.717, 1.165) is 60.6 Å². The smallest absolute Gasteiger partial charge is 0.164 e. The third-order valence-electron chi connectivity index (χ3n) is 12.5. The van der Waals surface area contributed by atoms with Gasteiger partial charge in [0.05, 0.1) is 27.8 Å². The summed E-state index contributed by atoms with van der Waals surface area (Å²) >= 11 is 0. The maximum absolute atomic E-state index is 5.28. The Kier molecular flexibility index (Phi) is 7.54. The molecule has 13 aromatic rings. The van der Waals surface area contributed by atoms with Gasteiger partial charge in [0.15, 0.2) is 17.5 Å². The van der Waals surface area contributed by atoms with Gasteiger partial charge in [-0.15, -0.1) is 0 Å². The lowest BCUT2D eigenvalue weighted by molar-refractivity contribution is 1.08. The molecule has 0 fully saturated rings. The Morgan fingerprint density at radius 2 is 0.839 bits per heavy atom. The Balaban J connectivity index is 1.08. The molecular formula is C57H35N5. The minimum absolute atomic E-state index is 0.632. The Labute approximate surface area is 356 Å². The Morgan fingerprint density at radius 1 is 0.290 bits per heavy atom. The standard InChI is InChI=1S/C57H35N5/c1-3-18-38(19-4-1)55-58-56(46-28-13-20-36-16-7-9-23-40(36)46)60-57(59-55)47-29-14-27-43-42(47)26-15-31-51(43)62-50-30-12-11-25-44(50)48-34-49-45-33-32-37-17-8-10-24-41(37)54(45)61(52(49)35-53(48)62)39-21-5-2-6-22-39/h1-35H. The lowest BCUT2D eigenvalue weighted by atomic mass is 10.0. The highest BCUT2D eigenvalue weighted by atomic mass is 15.0. The third kappa shape index (κ3) is 5.18. The predicted molar refractivity (Wildman–Crippen MR) is 257 cm³/mol. The summed E-state index contributed by atoms with van der Waals surface area (Å²) in [6.45, 7) is 0. The molecule has 10 aromatic carbocycles. The average molecular weight is 790 g/mol. The van der Waals surface area contributed by atoms with Crippen LogP contribution in [0.15, 0.2) is 212 Å². The molecule has 0 saturated carbocycles. The molecule has 0 aliphatic rings. The van der Waals surface area contributed by atoms with Crippen molar-refractivity contribution >= 4 is 75.9 Å². The fraction of sp³-hybridized carbons (Fsp3) is 0. The van der Waals surface area contributed by atoms with Crippen LogP contribution in [0.5, 0.6) is 0 Å². The highest BCUT2D eigenvalue weighted by molar-refractivity contribution is 6.23. The zero-order chi connectivity index (χ0) is 40.7. The Bertz CT molecular complexity index is 3910. The molecule has 0 radical (unpaired) electrons. The first kappa shape index (κ1) is 34.5. The fourth-order valence-corrected chi connectivity index (χ4v) is 9.78. The number of nitrogens with zero attached hydrogens (tertiary/aromatic N) is 5. The van der Waals surface area contributed by atoms with Crippen LogP contribution in [0.2, 0.25) is 0 Å². The van der Waals surface area contributed by atoms with Crippen molar-refractivity contribution in [3.8, 4) is 45.5 Å². The summed E-state index contributed by atoms with van der Waals surface area (Å²) < 4.78 is 4.90. The van der Waals surface area contributed by atoms with Crippen LogP contribution in [-0.4, -0.2) is 24.1 Å². The fourth-order valence-electron chi connectivity index (χ4n) is 9.78. The molecule has 0 amide bonds. The molecule has 0 N–H and O–H groups in total. The average Bonchev–Trinajstić information content (AvgIpc) is 3.85. The Morgan fingerprint density at radius 3 is 1.65 bits per heavy atom. The molecule has 0 unspecified atom stereocenters. The van der Waals surface area contributed by atoms with Gasteiger partial charge in [-0.3, -0.25) is 0 Å². The van der Waals surface area contributed by atoms with Gasteiger partial charge in [-0.1, -0.05) is 176 Å². The van der Waals surface area contributed by atoms with E-state index >= 15 is 0 Å². The van der Waals surface area contributed by atoms with Crippen LogP contribution in [0.3, 0.4) is 0 Å². The molecule has 3 aromatic heterocycles. The molecular weight excluding hydrogens is 755 g/mol. The molecule has 5 heteroatoms. The zero-order valence-corrected chi connectivity index (χ0v) is 33.4. The van der Waals surface area contributed by atoms with Gasteiger partial charge in [0.2, 0.25) is 0 Å². The third-order valence-corrected chi connectivity index (χ3v) is 12.5. The van der Waals surface area contributed by atoms with E-state index in [4.69, 9.17) is 15.0 Å². The number of aromatic nitrogens is 5. The van der Waals surface area contributed by atoms with Gasteiger partial charge in [0, 0.05) is 54.7 Å². The topological polar surface area (TPSA) is 48.5 Å². The van der Waals surface area contributed by atoms with Gasteiger partial charge in [-0.25, -0.2) is 15.0 Å². The van der Waals surface area contributed by atoms with Crippen LogP contribution in [0.4, 0.5) is 0 Å². The molecule has 0 aliphatic carbocycles. The van der Waals surface area contributed by atoms with Crippen LogP contribution in [-0.2, 0) is 0 Å². The van der Waals surface area contributed by atoms with Crippen LogP contribution in [0.1, 0.15) is 0 Å². The van der Waals surface area contributed by atoms with Crippen molar-refractivity contribution in [3.05, 3.63) is 212 Å². The van der Waals surface area contributed by atoms with Crippen molar-refractivity contribution in [2.24, 2.45) is 0 Å². The highest BCUT2D eigenvalue weighted by Gasteiger charge is 2.22. The van der Waals surface area contributed by atoms with Gasteiger partial charge in [-0.2, -0.15) is 0 Å². The van der Waals surface area contributed by atoms with Crippen molar-refractivity contribution in [1.29, 1.82) is 0 Å². The first-order chi connectivity index (χ1) is 30.8.